The first-order chi connectivity index (χ1) is 11.7. The lowest BCUT2D eigenvalue weighted by Gasteiger charge is -2.32. The first kappa shape index (κ1) is 15.6. The Balaban J connectivity index is 1.87. The molecule has 1 saturated heterocycles. The van der Waals surface area contributed by atoms with Crippen molar-refractivity contribution in [3.05, 3.63) is 53.0 Å². The molecule has 0 N–H and O–H groups in total. The molecule has 0 bridgehead atoms. The Morgan fingerprint density at radius 1 is 1.00 bits per heavy atom. The summed E-state index contributed by atoms with van der Waals surface area (Å²) in [6.07, 6.45) is 2.44. The second-order valence-electron chi connectivity index (χ2n) is 6.57. The number of hydrogen-bond acceptors (Lipinski definition) is 3. The molecule has 4 rings (SSSR count). The maximum atomic E-state index is 4.95. The Hall–Kier alpha value is -1.94. The van der Waals surface area contributed by atoms with E-state index >= 15 is 0 Å². The molecule has 4 heteroatoms. The fourth-order valence-corrected chi connectivity index (χ4v) is 3.62. The summed E-state index contributed by atoms with van der Waals surface area (Å²) in [5, 5.41) is 1.12. The number of nitrogens with zero attached hydrogens (tertiary/aromatic N) is 3. The minimum Gasteiger partial charge on any atom is -0.356 e. The van der Waals surface area contributed by atoms with Gasteiger partial charge >= 0.3 is 0 Å². The summed E-state index contributed by atoms with van der Waals surface area (Å²) in [4.78, 5) is 12.2. The molecule has 0 amide bonds. The highest BCUT2D eigenvalue weighted by Gasteiger charge is 2.20. The lowest BCUT2D eigenvalue weighted by molar-refractivity contribution is 0.437. The van der Waals surface area contributed by atoms with Gasteiger partial charge in [-0.15, -0.1) is 0 Å². The van der Waals surface area contributed by atoms with Crippen LogP contribution in [0.2, 0.25) is 0 Å². The number of halogens is 1. The molecule has 1 aromatic heterocycles. The van der Waals surface area contributed by atoms with Crippen LogP contribution in [0.25, 0.3) is 22.3 Å². The molecule has 2 heterocycles. The van der Waals surface area contributed by atoms with Crippen LogP contribution in [-0.4, -0.2) is 23.1 Å². The number of piperidine rings is 1. The van der Waals surface area contributed by atoms with Crippen LogP contribution in [0.3, 0.4) is 0 Å². The zero-order valence-electron chi connectivity index (χ0n) is 13.7. The Morgan fingerprint density at radius 2 is 1.75 bits per heavy atom. The predicted octanol–water partition coefficient (Wildman–Crippen LogP) is 5.30. The molecule has 2 aromatic carbocycles. The highest BCUT2D eigenvalue weighted by molar-refractivity contribution is 9.10. The largest absolute Gasteiger partial charge is 0.356 e. The van der Waals surface area contributed by atoms with E-state index in [-0.39, 0.29) is 0 Å². The van der Waals surface area contributed by atoms with E-state index in [4.69, 9.17) is 9.97 Å². The average molecular weight is 382 g/mol. The maximum absolute atomic E-state index is 4.95. The van der Waals surface area contributed by atoms with Gasteiger partial charge in [-0.05, 0) is 37.0 Å². The molecule has 0 saturated carbocycles. The summed E-state index contributed by atoms with van der Waals surface area (Å²) in [6.45, 7) is 4.46. The molecule has 0 aliphatic carbocycles. The molecular weight excluding hydrogens is 362 g/mol. The van der Waals surface area contributed by atoms with E-state index in [0.29, 0.717) is 0 Å². The normalized spacial score (nSPS) is 15.8. The smallest absolute Gasteiger partial charge is 0.162 e. The van der Waals surface area contributed by atoms with Gasteiger partial charge in [0.1, 0.15) is 5.82 Å². The SMILES string of the molecule is CC1CCN(c2nc(-c3ccccc3)nc3ccc(Br)cc23)CC1. The van der Waals surface area contributed by atoms with Crippen molar-refractivity contribution >= 4 is 32.7 Å². The zero-order valence-corrected chi connectivity index (χ0v) is 15.3. The number of hydrogen-bond donors (Lipinski definition) is 0. The first-order valence-corrected chi connectivity index (χ1v) is 9.28. The van der Waals surface area contributed by atoms with Crippen LogP contribution in [0.15, 0.2) is 53.0 Å². The van der Waals surface area contributed by atoms with Gasteiger partial charge in [0.15, 0.2) is 5.82 Å². The molecule has 3 aromatic rings. The van der Waals surface area contributed by atoms with E-state index in [1.54, 1.807) is 0 Å². The molecule has 0 radical (unpaired) electrons. The molecule has 0 spiro atoms. The van der Waals surface area contributed by atoms with Gasteiger partial charge in [0.05, 0.1) is 5.52 Å². The zero-order chi connectivity index (χ0) is 16.5. The topological polar surface area (TPSA) is 29.0 Å². The van der Waals surface area contributed by atoms with Crippen molar-refractivity contribution in [2.24, 2.45) is 5.92 Å². The van der Waals surface area contributed by atoms with Gasteiger partial charge < -0.3 is 4.90 Å². The standard InChI is InChI=1S/C20H20BrN3/c1-14-9-11-24(12-10-14)20-17-13-16(21)7-8-18(17)22-19(23-20)15-5-3-2-4-6-15/h2-8,13-14H,9-12H2,1H3. The van der Waals surface area contributed by atoms with Crippen LogP contribution in [0.1, 0.15) is 19.8 Å². The molecule has 1 aliphatic heterocycles. The van der Waals surface area contributed by atoms with E-state index in [2.05, 4.69) is 52.0 Å². The van der Waals surface area contributed by atoms with Crippen LogP contribution in [0.4, 0.5) is 5.82 Å². The highest BCUT2D eigenvalue weighted by atomic mass is 79.9. The number of fused-ring (bicyclic) bond motifs is 1. The molecular formula is C20H20BrN3. The lowest BCUT2D eigenvalue weighted by Crippen LogP contribution is -2.33. The summed E-state index contributed by atoms with van der Waals surface area (Å²) < 4.78 is 1.07. The monoisotopic (exact) mass is 381 g/mol. The van der Waals surface area contributed by atoms with Crippen LogP contribution < -0.4 is 4.90 Å². The summed E-state index contributed by atoms with van der Waals surface area (Å²) in [6, 6.07) is 16.5. The number of aromatic nitrogens is 2. The van der Waals surface area contributed by atoms with Crippen LogP contribution in [0.5, 0.6) is 0 Å². The van der Waals surface area contributed by atoms with Crippen molar-refractivity contribution in [2.75, 3.05) is 18.0 Å². The average Bonchev–Trinajstić information content (AvgIpc) is 2.62. The fourth-order valence-electron chi connectivity index (χ4n) is 3.26. The maximum Gasteiger partial charge on any atom is 0.162 e. The van der Waals surface area contributed by atoms with E-state index in [9.17, 15) is 0 Å². The highest BCUT2D eigenvalue weighted by Crippen LogP contribution is 2.32. The van der Waals surface area contributed by atoms with Gasteiger partial charge in [-0.25, -0.2) is 9.97 Å². The van der Waals surface area contributed by atoms with Gasteiger partial charge in [0, 0.05) is 28.5 Å². The van der Waals surface area contributed by atoms with E-state index < -0.39 is 0 Å². The second kappa shape index (κ2) is 6.52. The van der Waals surface area contributed by atoms with Gasteiger partial charge in [0.25, 0.3) is 0 Å². The Morgan fingerprint density at radius 3 is 2.50 bits per heavy atom. The summed E-state index contributed by atoms with van der Waals surface area (Å²) in [7, 11) is 0. The van der Waals surface area contributed by atoms with Gasteiger partial charge in [-0.3, -0.25) is 0 Å². The second-order valence-corrected chi connectivity index (χ2v) is 7.48. The Kier molecular flexibility index (Phi) is 4.23. The quantitative estimate of drug-likeness (QED) is 0.603. The first-order valence-electron chi connectivity index (χ1n) is 8.48. The minimum absolute atomic E-state index is 0.801. The molecule has 0 atom stereocenters. The Labute approximate surface area is 150 Å². The third kappa shape index (κ3) is 3.03. The third-order valence-electron chi connectivity index (χ3n) is 4.75. The number of rotatable bonds is 2. The van der Waals surface area contributed by atoms with Crippen molar-refractivity contribution in [1.82, 2.24) is 9.97 Å². The van der Waals surface area contributed by atoms with Gasteiger partial charge in [0.2, 0.25) is 0 Å². The minimum atomic E-state index is 0.801. The molecule has 1 aliphatic rings. The predicted molar refractivity (Wildman–Crippen MR) is 103 cm³/mol. The van der Waals surface area contributed by atoms with Crippen molar-refractivity contribution in [2.45, 2.75) is 19.8 Å². The molecule has 0 unspecified atom stereocenters. The number of benzene rings is 2. The van der Waals surface area contributed by atoms with E-state index in [0.717, 1.165) is 51.6 Å². The van der Waals surface area contributed by atoms with E-state index in [1.165, 1.54) is 12.8 Å². The Bertz CT molecular complexity index is 855. The lowest BCUT2D eigenvalue weighted by atomic mass is 9.99. The summed E-state index contributed by atoms with van der Waals surface area (Å²) in [5.74, 6) is 2.67. The van der Waals surface area contributed by atoms with Crippen molar-refractivity contribution < 1.29 is 0 Å². The van der Waals surface area contributed by atoms with Crippen LogP contribution >= 0.6 is 15.9 Å². The molecule has 24 heavy (non-hydrogen) atoms. The third-order valence-corrected chi connectivity index (χ3v) is 5.25. The summed E-state index contributed by atoms with van der Waals surface area (Å²) in [5.41, 5.74) is 2.06. The van der Waals surface area contributed by atoms with Crippen molar-refractivity contribution in [1.29, 1.82) is 0 Å². The van der Waals surface area contributed by atoms with Crippen LogP contribution in [0, 0.1) is 5.92 Å². The summed E-state index contributed by atoms with van der Waals surface area (Å²) >= 11 is 3.59. The fraction of sp³-hybridized carbons (Fsp3) is 0.300. The molecule has 1 fully saturated rings. The van der Waals surface area contributed by atoms with E-state index in [1.807, 2.05) is 24.3 Å². The van der Waals surface area contributed by atoms with Crippen molar-refractivity contribution in [3.8, 4) is 11.4 Å². The number of anilines is 1. The molecule has 122 valence electrons. The van der Waals surface area contributed by atoms with Gasteiger partial charge in [-0.2, -0.15) is 0 Å². The van der Waals surface area contributed by atoms with Crippen molar-refractivity contribution in [3.63, 3.8) is 0 Å². The van der Waals surface area contributed by atoms with Crippen LogP contribution in [-0.2, 0) is 0 Å². The molecule has 3 nitrogen and oxygen atoms in total. The van der Waals surface area contributed by atoms with Gasteiger partial charge in [-0.1, -0.05) is 53.2 Å².